The average molecular weight is 433 g/mol. The summed E-state index contributed by atoms with van der Waals surface area (Å²) in [5.41, 5.74) is 4.40. The molecule has 3 aromatic rings. The summed E-state index contributed by atoms with van der Waals surface area (Å²) in [4.78, 5) is 20.6. The zero-order valence-electron chi connectivity index (χ0n) is 19.2. The van der Waals surface area contributed by atoms with Crippen LogP contribution in [0.5, 0.6) is 5.75 Å². The molecule has 168 valence electrons. The van der Waals surface area contributed by atoms with Crippen molar-refractivity contribution in [3.63, 3.8) is 0 Å². The number of esters is 1. The molecule has 5 heteroatoms. The molecule has 1 atom stereocenters. The van der Waals surface area contributed by atoms with Crippen LogP contribution in [0.1, 0.15) is 52.0 Å². The molecule has 1 aromatic heterocycles. The third kappa shape index (κ3) is 6.91. The van der Waals surface area contributed by atoms with Crippen molar-refractivity contribution in [1.82, 2.24) is 9.97 Å². The first-order valence-corrected chi connectivity index (χ1v) is 11.4. The van der Waals surface area contributed by atoms with E-state index in [-0.39, 0.29) is 12.1 Å². The predicted octanol–water partition coefficient (Wildman–Crippen LogP) is 6.26. The molecule has 0 aliphatic rings. The van der Waals surface area contributed by atoms with Gasteiger partial charge in [-0.3, -0.25) is 4.79 Å². The molecule has 0 radical (unpaired) electrons. The Morgan fingerprint density at radius 2 is 1.53 bits per heavy atom. The van der Waals surface area contributed by atoms with Crippen LogP contribution in [0.15, 0.2) is 60.9 Å². The summed E-state index contributed by atoms with van der Waals surface area (Å²) in [6.07, 6.45) is 8.19. The van der Waals surface area contributed by atoms with Crippen LogP contribution in [0.4, 0.5) is 0 Å². The van der Waals surface area contributed by atoms with Crippen molar-refractivity contribution in [1.29, 1.82) is 0 Å². The lowest BCUT2D eigenvalue weighted by atomic mass is 10.0. The zero-order valence-corrected chi connectivity index (χ0v) is 19.2. The molecule has 0 bridgehead atoms. The van der Waals surface area contributed by atoms with Gasteiger partial charge in [0.1, 0.15) is 18.5 Å². The van der Waals surface area contributed by atoms with Crippen molar-refractivity contribution in [2.45, 2.75) is 59.0 Å². The van der Waals surface area contributed by atoms with E-state index in [9.17, 15) is 4.79 Å². The maximum atomic E-state index is 11.5. The summed E-state index contributed by atoms with van der Waals surface area (Å²) in [5, 5.41) is 0. The van der Waals surface area contributed by atoms with Crippen LogP contribution in [-0.2, 0) is 16.0 Å². The van der Waals surface area contributed by atoms with Crippen LogP contribution in [0.3, 0.4) is 0 Å². The van der Waals surface area contributed by atoms with Gasteiger partial charge in [-0.1, -0.05) is 44.5 Å². The van der Waals surface area contributed by atoms with Gasteiger partial charge in [-0.25, -0.2) is 9.97 Å². The van der Waals surface area contributed by atoms with E-state index in [0.717, 1.165) is 29.5 Å². The van der Waals surface area contributed by atoms with E-state index in [2.05, 4.69) is 41.2 Å². The van der Waals surface area contributed by atoms with Crippen molar-refractivity contribution >= 4 is 5.97 Å². The lowest BCUT2D eigenvalue weighted by Crippen LogP contribution is -2.21. The molecule has 1 heterocycles. The highest BCUT2D eigenvalue weighted by atomic mass is 16.6. The molecule has 0 saturated heterocycles. The minimum absolute atomic E-state index is 0.188. The summed E-state index contributed by atoms with van der Waals surface area (Å²) >= 11 is 0. The fraction of sp³-hybridized carbons (Fsp3) is 0.370. The maximum Gasteiger partial charge on any atom is 0.306 e. The number of unbranched alkanes of at least 4 members (excludes halogenated alkanes) is 1. The summed E-state index contributed by atoms with van der Waals surface area (Å²) in [6, 6.07) is 16.3. The number of rotatable bonds is 11. The highest BCUT2D eigenvalue weighted by Gasteiger charge is 2.10. The number of carbonyl (C=O) groups excluding carboxylic acids is 1. The fourth-order valence-electron chi connectivity index (χ4n) is 3.31. The molecule has 0 N–H and O–H groups in total. The minimum atomic E-state index is -0.287. The quantitative estimate of drug-likeness (QED) is 0.335. The normalized spacial score (nSPS) is 11.7. The molecule has 0 spiro atoms. The van der Waals surface area contributed by atoms with Crippen molar-refractivity contribution in [3.8, 4) is 28.3 Å². The molecule has 0 amide bonds. The van der Waals surface area contributed by atoms with E-state index in [1.165, 1.54) is 18.4 Å². The van der Waals surface area contributed by atoms with Gasteiger partial charge in [0, 0.05) is 29.9 Å². The standard InChI is InChI=1S/C27H32N2O3/c1-4-6-8-21-9-11-22(12-10-21)24-17-28-27(29-18-24)23-13-15-25(16-14-23)31-19-20(3)32-26(30)7-5-2/h9-18,20H,4-8,19H2,1-3H3. The van der Waals surface area contributed by atoms with E-state index in [1.807, 2.05) is 50.5 Å². The number of aromatic nitrogens is 2. The SMILES string of the molecule is CCCCc1ccc(-c2cnc(-c3ccc(OCC(C)OC(=O)CCC)cc3)nc2)cc1. The van der Waals surface area contributed by atoms with E-state index in [0.29, 0.717) is 24.6 Å². The highest BCUT2D eigenvalue weighted by Crippen LogP contribution is 2.23. The number of hydrogen-bond donors (Lipinski definition) is 0. The molecule has 0 aliphatic carbocycles. The number of nitrogens with zero attached hydrogens (tertiary/aromatic N) is 2. The van der Waals surface area contributed by atoms with Crippen molar-refractivity contribution in [3.05, 3.63) is 66.5 Å². The zero-order chi connectivity index (χ0) is 22.8. The molecule has 2 aromatic carbocycles. The number of aryl methyl sites for hydroxylation is 1. The second kappa shape index (κ2) is 12.0. The molecule has 3 rings (SSSR count). The Morgan fingerprint density at radius 1 is 0.875 bits per heavy atom. The Labute approximate surface area is 190 Å². The summed E-state index contributed by atoms with van der Waals surface area (Å²) in [7, 11) is 0. The lowest BCUT2D eigenvalue weighted by Gasteiger charge is -2.14. The molecule has 5 nitrogen and oxygen atoms in total. The number of hydrogen-bond acceptors (Lipinski definition) is 5. The molecular formula is C27H32N2O3. The van der Waals surface area contributed by atoms with Crippen LogP contribution in [-0.4, -0.2) is 28.6 Å². The molecule has 0 saturated carbocycles. The Balaban J connectivity index is 1.56. The van der Waals surface area contributed by atoms with Crippen LogP contribution in [0.25, 0.3) is 22.5 Å². The van der Waals surface area contributed by atoms with Gasteiger partial charge in [-0.05, 0) is 61.6 Å². The summed E-state index contributed by atoms with van der Waals surface area (Å²) in [6.45, 7) is 6.31. The molecule has 0 aliphatic heterocycles. The number of ether oxygens (including phenoxy) is 2. The monoisotopic (exact) mass is 432 g/mol. The van der Waals surface area contributed by atoms with Gasteiger partial charge in [0.15, 0.2) is 5.82 Å². The van der Waals surface area contributed by atoms with Gasteiger partial charge < -0.3 is 9.47 Å². The van der Waals surface area contributed by atoms with Crippen molar-refractivity contribution < 1.29 is 14.3 Å². The van der Waals surface area contributed by atoms with Gasteiger partial charge in [0.25, 0.3) is 0 Å². The van der Waals surface area contributed by atoms with E-state index >= 15 is 0 Å². The highest BCUT2D eigenvalue weighted by molar-refractivity contribution is 5.69. The largest absolute Gasteiger partial charge is 0.490 e. The fourth-order valence-corrected chi connectivity index (χ4v) is 3.31. The first-order valence-electron chi connectivity index (χ1n) is 11.4. The molecule has 1 unspecified atom stereocenters. The summed E-state index contributed by atoms with van der Waals surface area (Å²) < 4.78 is 11.0. The van der Waals surface area contributed by atoms with Gasteiger partial charge in [0.2, 0.25) is 0 Å². The van der Waals surface area contributed by atoms with Crippen LogP contribution in [0.2, 0.25) is 0 Å². The van der Waals surface area contributed by atoms with Gasteiger partial charge in [-0.2, -0.15) is 0 Å². The minimum Gasteiger partial charge on any atom is -0.490 e. The number of carbonyl (C=O) groups is 1. The van der Waals surface area contributed by atoms with E-state index in [1.54, 1.807) is 0 Å². The Kier molecular flexibility index (Phi) is 8.79. The molecule has 32 heavy (non-hydrogen) atoms. The Morgan fingerprint density at radius 3 is 2.16 bits per heavy atom. The van der Waals surface area contributed by atoms with Gasteiger partial charge in [-0.15, -0.1) is 0 Å². The maximum absolute atomic E-state index is 11.5. The van der Waals surface area contributed by atoms with Crippen molar-refractivity contribution in [2.75, 3.05) is 6.61 Å². The van der Waals surface area contributed by atoms with Crippen molar-refractivity contribution in [2.24, 2.45) is 0 Å². The third-order valence-electron chi connectivity index (χ3n) is 5.14. The van der Waals surface area contributed by atoms with Gasteiger partial charge in [0.05, 0.1) is 0 Å². The second-order valence-electron chi connectivity index (χ2n) is 7.98. The predicted molar refractivity (Wildman–Crippen MR) is 127 cm³/mol. The van der Waals surface area contributed by atoms with Crippen LogP contribution in [0, 0.1) is 0 Å². The average Bonchev–Trinajstić information content (AvgIpc) is 2.82. The van der Waals surface area contributed by atoms with Crippen LogP contribution >= 0.6 is 0 Å². The summed E-state index contributed by atoms with van der Waals surface area (Å²) in [5.74, 6) is 1.20. The second-order valence-corrected chi connectivity index (χ2v) is 7.98. The first-order chi connectivity index (χ1) is 15.6. The van der Waals surface area contributed by atoms with E-state index < -0.39 is 0 Å². The molecular weight excluding hydrogens is 400 g/mol. The Hall–Kier alpha value is -3.21. The first kappa shape index (κ1) is 23.5. The topological polar surface area (TPSA) is 61.3 Å². The molecule has 0 fully saturated rings. The third-order valence-corrected chi connectivity index (χ3v) is 5.14. The van der Waals surface area contributed by atoms with E-state index in [4.69, 9.17) is 9.47 Å². The van der Waals surface area contributed by atoms with Gasteiger partial charge >= 0.3 is 5.97 Å². The Bertz CT molecular complexity index is 967. The van der Waals surface area contributed by atoms with Crippen LogP contribution < -0.4 is 4.74 Å². The lowest BCUT2D eigenvalue weighted by molar-refractivity contribution is -0.149. The number of benzene rings is 2. The smallest absolute Gasteiger partial charge is 0.306 e.